The number of pyridine rings is 1. The van der Waals surface area contributed by atoms with E-state index in [1.54, 1.807) is 11.8 Å². The standard InChI is InChI=1S/C16H18N2O2S/c1-11(17)12-3-6-16(18-10-12)21-13-4-5-14-15(9-13)20-8-2-7-19-14/h3-6,9-11H,2,7-8,17H2,1H3. The minimum absolute atomic E-state index is 0.00888. The molecule has 2 aromatic rings. The van der Waals surface area contributed by atoms with E-state index < -0.39 is 0 Å². The van der Waals surface area contributed by atoms with Gasteiger partial charge in [-0.25, -0.2) is 4.98 Å². The lowest BCUT2D eigenvalue weighted by Gasteiger charge is -2.09. The molecule has 2 heterocycles. The third-order valence-electron chi connectivity index (χ3n) is 3.23. The maximum Gasteiger partial charge on any atom is 0.162 e. The van der Waals surface area contributed by atoms with Crippen molar-refractivity contribution in [1.82, 2.24) is 4.98 Å². The summed E-state index contributed by atoms with van der Waals surface area (Å²) in [5.74, 6) is 1.63. The summed E-state index contributed by atoms with van der Waals surface area (Å²) in [6.07, 6.45) is 2.74. The van der Waals surface area contributed by atoms with Crippen LogP contribution in [-0.2, 0) is 0 Å². The number of nitrogens with two attached hydrogens (primary N) is 1. The minimum atomic E-state index is 0.00888. The Balaban J connectivity index is 1.77. The first kappa shape index (κ1) is 14.2. The minimum Gasteiger partial charge on any atom is -0.490 e. The predicted octanol–water partition coefficient (Wildman–Crippen LogP) is 3.41. The van der Waals surface area contributed by atoms with Crippen molar-refractivity contribution in [2.75, 3.05) is 13.2 Å². The monoisotopic (exact) mass is 302 g/mol. The maximum atomic E-state index is 5.83. The Morgan fingerprint density at radius 2 is 1.95 bits per heavy atom. The molecule has 0 aliphatic carbocycles. The van der Waals surface area contributed by atoms with Crippen LogP contribution >= 0.6 is 11.8 Å². The van der Waals surface area contributed by atoms with Crippen LogP contribution in [0.15, 0.2) is 46.5 Å². The lowest BCUT2D eigenvalue weighted by molar-refractivity contribution is 0.297. The van der Waals surface area contributed by atoms with Crippen molar-refractivity contribution in [3.05, 3.63) is 42.1 Å². The molecule has 0 bridgehead atoms. The van der Waals surface area contributed by atoms with Gasteiger partial charge in [-0.15, -0.1) is 0 Å². The molecule has 0 amide bonds. The highest BCUT2D eigenvalue weighted by Crippen LogP contribution is 2.36. The van der Waals surface area contributed by atoms with E-state index in [1.807, 2.05) is 43.5 Å². The van der Waals surface area contributed by atoms with Crippen LogP contribution in [0.3, 0.4) is 0 Å². The second kappa shape index (κ2) is 6.37. The molecule has 0 spiro atoms. The van der Waals surface area contributed by atoms with E-state index in [1.165, 1.54) is 0 Å². The lowest BCUT2D eigenvalue weighted by Crippen LogP contribution is -2.04. The Morgan fingerprint density at radius 1 is 1.14 bits per heavy atom. The molecular formula is C16H18N2O2S. The molecule has 2 N–H and O–H groups in total. The zero-order valence-electron chi connectivity index (χ0n) is 11.9. The Hall–Kier alpha value is -1.72. The number of aromatic nitrogens is 1. The van der Waals surface area contributed by atoms with Crippen LogP contribution in [0.4, 0.5) is 0 Å². The predicted molar refractivity (Wildman–Crippen MR) is 83.0 cm³/mol. The molecule has 1 aromatic heterocycles. The van der Waals surface area contributed by atoms with Gasteiger partial charge in [0.25, 0.3) is 0 Å². The van der Waals surface area contributed by atoms with Crippen LogP contribution in [-0.4, -0.2) is 18.2 Å². The first-order valence-electron chi connectivity index (χ1n) is 7.01. The molecule has 0 saturated heterocycles. The van der Waals surface area contributed by atoms with E-state index in [0.29, 0.717) is 13.2 Å². The third-order valence-corrected chi connectivity index (χ3v) is 4.17. The first-order valence-corrected chi connectivity index (χ1v) is 7.83. The average Bonchev–Trinajstić information content (AvgIpc) is 2.72. The van der Waals surface area contributed by atoms with Gasteiger partial charge in [0, 0.05) is 23.6 Å². The van der Waals surface area contributed by atoms with Crippen LogP contribution in [0.25, 0.3) is 0 Å². The van der Waals surface area contributed by atoms with E-state index in [0.717, 1.165) is 33.4 Å². The molecule has 0 saturated carbocycles. The zero-order chi connectivity index (χ0) is 14.7. The summed E-state index contributed by atoms with van der Waals surface area (Å²) in [6, 6.07) is 10.0. The number of fused-ring (bicyclic) bond motifs is 1. The van der Waals surface area contributed by atoms with Crippen molar-refractivity contribution < 1.29 is 9.47 Å². The number of rotatable bonds is 3. The summed E-state index contributed by atoms with van der Waals surface area (Å²) in [4.78, 5) is 5.52. The molecule has 1 atom stereocenters. The van der Waals surface area contributed by atoms with Crippen molar-refractivity contribution in [2.45, 2.75) is 29.3 Å². The normalized spacial score (nSPS) is 15.3. The molecule has 0 fully saturated rings. The van der Waals surface area contributed by atoms with Gasteiger partial charge in [0.05, 0.1) is 13.2 Å². The van der Waals surface area contributed by atoms with Crippen LogP contribution < -0.4 is 15.2 Å². The molecule has 3 rings (SSSR count). The molecule has 4 nitrogen and oxygen atoms in total. The van der Waals surface area contributed by atoms with Gasteiger partial charge in [-0.05, 0) is 36.8 Å². The van der Waals surface area contributed by atoms with Gasteiger partial charge in [-0.1, -0.05) is 17.8 Å². The number of ether oxygens (including phenoxy) is 2. The maximum absolute atomic E-state index is 5.83. The fourth-order valence-corrected chi connectivity index (χ4v) is 2.83. The highest BCUT2D eigenvalue weighted by atomic mass is 32.2. The van der Waals surface area contributed by atoms with Gasteiger partial charge in [0.2, 0.25) is 0 Å². The van der Waals surface area contributed by atoms with Crippen molar-refractivity contribution in [3.8, 4) is 11.5 Å². The summed E-state index contributed by atoms with van der Waals surface area (Å²) >= 11 is 1.60. The SMILES string of the molecule is CC(N)c1ccc(Sc2ccc3c(c2)OCCCO3)nc1. The van der Waals surface area contributed by atoms with Gasteiger partial charge >= 0.3 is 0 Å². The van der Waals surface area contributed by atoms with Crippen molar-refractivity contribution >= 4 is 11.8 Å². The van der Waals surface area contributed by atoms with Crippen molar-refractivity contribution in [2.24, 2.45) is 5.73 Å². The number of hydrogen-bond acceptors (Lipinski definition) is 5. The van der Waals surface area contributed by atoms with Gasteiger partial charge in [-0.2, -0.15) is 0 Å². The fraction of sp³-hybridized carbons (Fsp3) is 0.312. The summed E-state index contributed by atoms with van der Waals surface area (Å²) in [5.41, 5.74) is 6.87. The molecule has 0 radical (unpaired) electrons. The quantitative estimate of drug-likeness (QED) is 0.941. The number of hydrogen-bond donors (Lipinski definition) is 1. The Morgan fingerprint density at radius 3 is 2.67 bits per heavy atom. The summed E-state index contributed by atoms with van der Waals surface area (Å²) in [6.45, 7) is 3.36. The zero-order valence-corrected chi connectivity index (χ0v) is 12.7. The molecule has 110 valence electrons. The molecule has 5 heteroatoms. The van der Waals surface area contributed by atoms with Crippen LogP contribution in [0.2, 0.25) is 0 Å². The second-order valence-corrected chi connectivity index (χ2v) is 6.07. The highest BCUT2D eigenvalue weighted by molar-refractivity contribution is 7.99. The van der Waals surface area contributed by atoms with Crippen LogP contribution in [0.5, 0.6) is 11.5 Å². The Kier molecular flexibility index (Phi) is 4.31. The number of nitrogens with zero attached hydrogens (tertiary/aromatic N) is 1. The van der Waals surface area contributed by atoms with Gasteiger partial charge in [0.1, 0.15) is 5.03 Å². The van der Waals surface area contributed by atoms with Gasteiger partial charge in [0.15, 0.2) is 11.5 Å². The van der Waals surface area contributed by atoms with E-state index in [9.17, 15) is 0 Å². The van der Waals surface area contributed by atoms with Gasteiger partial charge < -0.3 is 15.2 Å². The van der Waals surface area contributed by atoms with Crippen LogP contribution in [0, 0.1) is 0 Å². The van der Waals surface area contributed by atoms with Crippen LogP contribution in [0.1, 0.15) is 24.9 Å². The van der Waals surface area contributed by atoms with Gasteiger partial charge in [-0.3, -0.25) is 0 Å². The largest absolute Gasteiger partial charge is 0.490 e. The first-order chi connectivity index (χ1) is 10.2. The van der Waals surface area contributed by atoms with Crippen molar-refractivity contribution in [3.63, 3.8) is 0 Å². The molecular weight excluding hydrogens is 284 g/mol. The average molecular weight is 302 g/mol. The molecule has 21 heavy (non-hydrogen) atoms. The summed E-state index contributed by atoms with van der Waals surface area (Å²) in [5, 5.41) is 0.939. The Bertz CT molecular complexity index is 614. The van der Waals surface area contributed by atoms with E-state index in [-0.39, 0.29) is 6.04 Å². The molecule has 1 unspecified atom stereocenters. The smallest absolute Gasteiger partial charge is 0.162 e. The number of benzene rings is 1. The molecule has 1 aliphatic heterocycles. The summed E-state index contributed by atoms with van der Waals surface area (Å²) < 4.78 is 11.3. The highest BCUT2D eigenvalue weighted by Gasteiger charge is 2.11. The van der Waals surface area contributed by atoms with E-state index in [4.69, 9.17) is 15.2 Å². The third kappa shape index (κ3) is 3.49. The molecule has 1 aliphatic rings. The lowest BCUT2D eigenvalue weighted by atomic mass is 10.2. The molecule has 1 aromatic carbocycles. The van der Waals surface area contributed by atoms with Crippen molar-refractivity contribution in [1.29, 1.82) is 0 Å². The fourth-order valence-electron chi connectivity index (χ4n) is 2.05. The topological polar surface area (TPSA) is 57.4 Å². The van der Waals surface area contributed by atoms with E-state index >= 15 is 0 Å². The van der Waals surface area contributed by atoms with E-state index in [2.05, 4.69) is 4.98 Å². The Labute approximate surface area is 128 Å². The second-order valence-electron chi connectivity index (χ2n) is 4.98. The summed E-state index contributed by atoms with van der Waals surface area (Å²) in [7, 11) is 0.